The molecule has 0 saturated heterocycles. The molecule has 0 fully saturated rings. The number of carbonyl (C=O) groups excluding carboxylic acids is 2. The van der Waals surface area contributed by atoms with Crippen LogP contribution in [0.4, 0.5) is 0 Å². The van der Waals surface area contributed by atoms with E-state index in [0.717, 1.165) is 89.9 Å². The summed E-state index contributed by atoms with van der Waals surface area (Å²) in [6.07, 6.45) is 72.3. The van der Waals surface area contributed by atoms with Crippen LogP contribution in [0.25, 0.3) is 0 Å². The van der Waals surface area contributed by atoms with Crippen LogP contribution in [0, 0.1) is 0 Å². The molecule has 0 radical (unpaired) electrons. The van der Waals surface area contributed by atoms with Gasteiger partial charge >= 0.3 is 11.9 Å². The van der Waals surface area contributed by atoms with Crippen LogP contribution in [0.3, 0.4) is 0 Å². The topological polar surface area (TPSA) is 61.8 Å². The number of ether oxygens (including phenoxy) is 3. The lowest BCUT2D eigenvalue weighted by Gasteiger charge is -2.18. The van der Waals surface area contributed by atoms with Gasteiger partial charge in [-0.05, 0) is 109 Å². The summed E-state index contributed by atoms with van der Waals surface area (Å²) in [6, 6.07) is 0. The first-order chi connectivity index (χ1) is 30.6. The predicted molar refractivity (Wildman–Crippen MR) is 269 cm³/mol. The number of rotatable bonds is 44. The zero-order valence-electron chi connectivity index (χ0n) is 40.1. The molecule has 0 amide bonds. The molecule has 0 saturated carbocycles. The lowest BCUT2D eigenvalue weighted by molar-refractivity contribution is -0.162. The lowest BCUT2D eigenvalue weighted by atomic mass is 10.1. The van der Waals surface area contributed by atoms with Gasteiger partial charge in [-0.1, -0.05) is 200 Å². The van der Waals surface area contributed by atoms with Gasteiger partial charge in [0, 0.05) is 19.4 Å². The van der Waals surface area contributed by atoms with Crippen molar-refractivity contribution >= 4 is 11.9 Å². The first-order valence-corrected chi connectivity index (χ1v) is 25.1. The van der Waals surface area contributed by atoms with Crippen molar-refractivity contribution in [3.8, 4) is 0 Å². The minimum absolute atomic E-state index is 0.0252. The van der Waals surface area contributed by atoms with Gasteiger partial charge in [-0.15, -0.1) is 0 Å². The molecule has 5 nitrogen and oxygen atoms in total. The Morgan fingerprint density at radius 2 is 0.758 bits per heavy atom. The Hall–Kier alpha value is -3.70. The molecule has 0 aromatic rings. The van der Waals surface area contributed by atoms with Crippen LogP contribution in [0.15, 0.2) is 122 Å². The average Bonchev–Trinajstić information content (AvgIpc) is 3.27. The Morgan fingerprint density at radius 3 is 1.23 bits per heavy atom. The first-order valence-electron chi connectivity index (χ1n) is 25.1. The molecule has 0 aliphatic rings. The lowest BCUT2D eigenvalue weighted by Crippen LogP contribution is -2.30. The smallest absolute Gasteiger partial charge is 0.306 e. The molecule has 1 unspecified atom stereocenters. The summed E-state index contributed by atoms with van der Waals surface area (Å²) in [7, 11) is 0. The number of esters is 2. The molecule has 0 aliphatic carbocycles. The molecule has 0 aromatic heterocycles. The van der Waals surface area contributed by atoms with Gasteiger partial charge in [-0.3, -0.25) is 9.59 Å². The van der Waals surface area contributed by atoms with Crippen LogP contribution in [0.2, 0.25) is 0 Å². The molecule has 0 heterocycles. The van der Waals surface area contributed by atoms with Crippen molar-refractivity contribution in [1.82, 2.24) is 0 Å². The summed E-state index contributed by atoms with van der Waals surface area (Å²) in [5.41, 5.74) is 0. The highest BCUT2D eigenvalue weighted by molar-refractivity contribution is 5.70. The summed E-state index contributed by atoms with van der Waals surface area (Å²) in [5.74, 6) is -0.535. The molecule has 0 aliphatic heterocycles. The third-order valence-corrected chi connectivity index (χ3v) is 9.98. The van der Waals surface area contributed by atoms with Gasteiger partial charge in [0.2, 0.25) is 0 Å². The fourth-order valence-corrected chi connectivity index (χ4v) is 6.32. The Bertz CT molecular complexity index is 1290. The number of carbonyl (C=O) groups is 2. The highest BCUT2D eigenvalue weighted by atomic mass is 16.6. The quantitative estimate of drug-likeness (QED) is 0.0347. The van der Waals surface area contributed by atoms with Crippen LogP contribution >= 0.6 is 0 Å². The van der Waals surface area contributed by atoms with Gasteiger partial charge in [-0.2, -0.15) is 0 Å². The second kappa shape index (κ2) is 51.6. The van der Waals surface area contributed by atoms with Crippen molar-refractivity contribution < 1.29 is 23.8 Å². The van der Waals surface area contributed by atoms with E-state index < -0.39 is 6.10 Å². The van der Waals surface area contributed by atoms with Gasteiger partial charge in [0.05, 0.1) is 6.61 Å². The molecule has 0 rings (SSSR count). The van der Waals surface area contributed by atoms with E-state index >= 15 is 0 Å². The molecule has 0 N–H and O–H groups in total. The second-order valence-electron chi connectivity index (χ2n) is 15.9. The zero-order valence-corrected chi connectivity index (χ0v) is 40.1. The fourth-order valence-electron chi connectivity index (χ4n) is 6.32. The standard InChI is InChI=1S/C57H92O5/c1-4-7-10-13-16-19-22-25-27-28-29-30-31-33-35-38-41-44-47-50-56(58)61-54-55(53-60-52-49-46-43-40-37-34-26-23-20-17-14-11-8-5-2)62-57(59)51-48-45-42-39-36-32-24-21-18-15-12-9-6-3/h8-9,11-12,16-21,25-27,32,34,36,40,42-43,45,55H,4-7,10,13-15,22-24,28-31,33,35,37-39,41,44,46-54H2,1-3H3/b11-8-,12-9-,19-16-,20-17-,21-18-,27-25-,34-26-,36-32-,43-40-,45-42-. The zero-order chi connectivity index (χ0) is 44.9. The maximum absolute atomic E-state index is 12.7. The van der Waals surface area contributed by atoms with Crippen molar-refractivity contribution in [2.45, 2.75) is 207 Å². The summed E-state index contributed by atoms with van der Waals surface area (Å²) in [4.78, 5) is 25.3. The molecule has 0 bridgehead atoms. The van der Waals surface area contributed by atoms with Gasteiger partial charge in [0.25, 0.3) is 0 Å². The Kier molecular flexibility index (Phi) is 48.6. The number of hydrogen-bond donors (Lipinski definition) is 0. The van der Waals surface area contributed by atoms with E-state index in [1.165, 1.54) is 70.6 Å². The van der Waals surface area contributed by atoms with Gasteiger partial charge < -0.3 is 14.2 Å². The molecule has 1 atom stereocenters. The maximum atomic E-state index is 12.7. The summed E-state index contributed by atoms with van der Waals surface area (Å²) < 4.78 is 17.2. The molecule has 62 heavy (non-hydrogen) atoms. The predicted octanol–water partition coefficient (Wildman–Crippen LogP) is 17.0. The third kappa shape index (κ3) is 49.0. The van der Waals surface area contributed by atoms with Crippen LogP contribution in [0.5, 0.6) is 0 Å². The minimum Gasteiger partial charge on any atom is -0.462 e. The molecule has 0 aromatic carbocycles. The number of unbranched alkanes of at least 4 members (excludes halogenated alkanes) is 13. The SMILES string of the molecule is CC/C=C\C/C=C\C/C=C\C/C=C\CCCOCC(COC(=O)CCCCCCCCCCC/C=C\C/C=C\CCCCC)OC(=O)CC/C=C\C/C=C\C/C=C\C/C=C\CC. The number of allylic oxidation sites excluding steroid dienone is 20. The Balaban J connectivity index is 4.41. The van der Waals surface area contributed by atoms with Crippen LogP contribution < -0.4 is 0 Å². The van der Waals surface area contributed by atoms with Crippen molar-refractivity contribution in [3.63, 3.8) is 0 Å². The largest absolute Gasteiger partial charge is 0.462 e. The molecular formula is C57H92O5. The minimum atomic E-state index is -0.612. The highest BCUT2D eigenvalue weighted by Gasteiger charge is 2.17. The number of hydrogen-bond acceptors (Lipinski definition) is 5. The second-order valence-corrected chi connectivity index (χ2v) is 15.9. The van der Waals surface area contributed by atoms with Crippen molar-refractivity contribution in [2.24, 2.45) is 0 Å². The van der Waals surface area contributed by atoms with Gasteiger partial charge in [0.15, 0.2) is 6.10 Å². The van der Waals surface area contributed by atoms with Gasteiger partial charge in [-0.25, -0.2) is 0 Å². The van der Waals surface area contributed by atoms with Crippen molar-refractivity contribution in [1.29, 1.82) is 0 Å². The molecule has 350 valence electrons. The molecular weight excluding hydrogens is 765 g/mol. The third-order valence-electron chi connectivity index (χ3n) is 9.98. The summed E-state index contributed by atoms with van der Waals surface area (Å²) in [5, 5.41) is 0. The molecule has 5 heteroatoms. The Morgan fingerprint density at radius 1 is 0.371 bits per heavy atom. The van der Waals surface area contributed by atoms with Crippen molar-refractivity contribution in [2.75, 3.05) is 19.8 Å². The van der Waals surface area contributed by atoms with E-state index in [0.29, 0.717) is 19.4 Å². The monoisotopic (exact) mass is 857 g/mol. The van der Waals surface area contributed by atoms with Gasteiger partial charge in [0.1, 0.15) is 6.61 Å². The van der Waals surface area contributed by atoms with E-state index in [-0.39, 0.29) is 31.6 Å². The van der Waals surface area contributed by atoms with E-state index in [1.807, 2.05) is 6.08 Å². The van der Waals surface area contributed by atoms with E-state index in [1.54, 1.807) is 0 Å². The van der Waals surface area contributed by atoms with Crippen LogP contribution in [-0.2, 0) is 23.8 Å². The van der Waals surface area contributed by atoms with Crippen LogP contribution in [0.1, 0.15) is 201 Å². The van der Waals surface area contributed by atoms with E-state index in [2.05, 4.69) is 136 Å². The van der Waals surface area contributed by atoms with Crippen molar-refractivity contribution in [3.05, 3.63) is 122 Å². The first kappa shape index (κ1) is 58.3. The Labute approximate surface area is 382 Å². The fraction of sp³-hybridized carbons (Fsp3) is 0.614. The average molecular weight is 857 g/mol. The maximum Gasteiger partial charge on any atom is 0.306 e. The summed E-state index contributed by atoms with van der Waals surface area (Å²) >= 11 is 0. The highest BCUT2D eigenvalue weighted by Crippen LogP contribution is 2.13. The van der Waals surface area contributed by atoms with Crippen LogP contribution in [-0.4, -0.2) is 37.9 Å². The van der Waals surface area contributed by atoms with E-state index in [9.17, 15) is 9.59 Å². The summed E-state index contributed by atoms with van der Waals surface area (Å²) in [6.45, 7) is 7.33. The molecule has 0 spiro atoms. The normalized spacial score (nSPS) is 13.3. The van der Waals surface area contributed by atoms with E-state index in [4.69, 9.17) is 14.2 Å².